The van der Waals surface area contributed by atoms with Crippen molar-refractivity contribution in [3.05, 3.63) is 42.0 Å². The summed E-state index contributed by atoms with van der Waals surface area (Å²) in [6, 6.07) is 8.46. The minimum absolute atomic E-state index is 0.00445. The number of hydrogen-bond acceptors (Lipinski definition) is 4. The van der Waals surface area contributed by atoms with E-state index in [1.807, 2.05) is 12.1 Å². The topological polar surface area (TPSA) is 44.8 Å². The third-order valence-corrected chi connectivity index (χ3v) is 9.36. The van der Waals surface area contributed by atoms with Crippen molar-refractivity contribution < 1.29 is 19.0 Å². The second-order valence-electron chi connectivity index (χ2n) is 9.94. The highest BCUT2D eigenvalue weighted by Crippen LogP contribution is 2.81. The lowest BCUT2D eigenvalue weighted by molar-refractivity contribution is -0.242. The van der Waals surface area contributed by atoms with Gasteiger partial charge in [-0.3, -0.25) is 4.79 Å². The van der Waals surface area contributed by atoms with Crippen LogP contribution in [-0.4, -0.2) is 31.9 Å². The average Bonchev–Trinajstić information content (AvgIpc) is 3.38. The van der Waals surface area contributed by atoms with Crippen LogP contribution in [-0.2, 0) is 19.7 Å². The zero-order valence-corrected chi connectivity index (χ0v) is 17.4. The molecule has 4 nitrogen and oxygen atoms in total. The summed E-state index contributed by atoms with van der Waals surface area (Å²) in [6.45, 7) is 3.73. The van der Waals surface area contributed by atoms with E-state index in [2.05, 4.69) is 31.2 Å². The maximum Gasteiger partial charge on any atom is 0.173 e. The fraction of sp³-hybridized carbons (Fsp3) is 0.640. The molecule has 1 aliphatic heterocycles. The van der Waals surface area contributed by atoms with Crippen LogP contribution >= 0.6 is 0 Å². The molecule has 6 rings (SSSR count). The molecule has 0 unspecified atom stereocenters. The number of carbonyl (C=O) groups is 1. The van der Waals surface area contributed by atoms with Crippen LogP contribution in [0.1, 0.15) is 51.0 Å². The van der Waals surface area contributed by atoms with Gasteiger partial charge in [0.1, 0.15) is 11.5 Å². The first kappa shape index (κ1) is 18.1. The number of benzene rings is 1. The van der Waals surface area contributed by atoms with Crippen molar-refractivity contribution in [2.45, 2.75) is 56.7 Å². The van der Waals surface area contributed by atoms with Gasteiger partial charge in [-0.05, 0) is 36.0 Å². The molecule has 5 atom stereocenters. The molecule has 1 aromatic rings. The van der Waals surface area contributed by atoms with Crippen molar-refractivity contribution >= 4 is 5.78 Å². The lowest BCUT2D eigenvalue weighted by Gasteiger charge is -2.53. The summed E-state index contributed by atoms with van der Waals surface area (Å²) in [5, 5.41) is 0. The summed E-state index contributed by atoms with van der Waals surface area (Å²) in [7, 11) is 1.70. The Morgan fingerprint density at radius 2 is 1.72 bits per heavy atom. The van der Waals surface area contributed by atoms with Gasteiger partial charge in [0.2, 0.25) is 0 Å². The molecular weight excluding hydrogens is 364 g/mol. The SMILES string of the molecule is COc1ccc([C@@]23C=C[C@@]4(CCCC[C@@]42C)[C@@H]2[C@H]3C(=O)CCC23OCCO3)cc1. The van der Waals surface area contributed by atoms with Crippen LogP contribution < -0.4 is 4.74 Å². The Hall–Kier alpha value is -1.65. The number of Topliss-reactive ketones (excluding diaryl/α,β-unsaturated/α-hetero) is 1. The molecule has 4 fully saturated rings. The number of allylic oxidation sites excluding steroid dienone is 2. The van der Waals surface area contributed by atoms with Crippen LogP contribution in [0.3, 0.4) is 0 Å². The van der Waals surface area contributed by atoms with Crippen molar-refractivity contribution in [2.24, 2.45) is 22.7 Å². The van der Waals surface area contributed by atoms with E-state index in [1.54, 1.807) is 7.11 Å². The Balaban J connectivity index is 1.61. The van der Waals surface area contributed by atoms with Crippen molar-refractivity contribution in [2.75, 3.05) is 20.3 Å². The first-order chi connectivity index (χ1) is 14.0. The van der Waals surface area contributed by atoms with Gasteiger partial charge in [-0.15, -0.1) is 0 Å². The summed E-state index contributed by atoms with van der Waals surface area (Å²) < 4.78 is 18.2. The van der Waals surface area contributed by atoms with E-state index in [4.69, 9.17) is 14.2 Å². The monoisotopic (exact) mass is 394 g/mol. The molecule has 1 aromatic carbocycles. The maximum absolute atomic E-state index is 13.6. The fourth-order valence-electron chi connectivity index (χ4n) is 8.29. The van der Waals surface area contributed by atoms with Gasteiger partial charge >= 0.3 is 0 Å². The summed E-state index contributed by atoms with van der Waals surface area (Å²) in [4.78, 5) is 13.6. The average molecular weight is 395 g/mol. The van der Waals surface area contributed by atoms with Crippen molar-refractivity contribution in [3.63, 3.8) is 0 Å². The minimum Gasteiger partial charge on any atom is -0.497 e. The van der Waals surface area contributed by atoms with E-state index in [-0.39, 0.29) is 28.1 Å². The van der Waals surface area contributed by atoms with Gasteiger partial charge in [0.05, 0.1) is 20.3 Å². The lowest BCUT2D eigenvalue weighted by Crippen LogP contribution is -2.56. The van der Waals surface area contributed by atoms with Crippen LogP contribution in [0, 0.1) is 22.7 Å². The smallest absolute Gasteiger partial charge is 0.173 e. The number of ketones is 1. The molecule has 0 N–H and O–H groups in total. The second-order valence-corrected chi connectivity index (χ2v) is 9.94. The maximum atomic E-state index is 13.6. The fourth-order valence-corrected chi connectivity index (χ4v) is 8.29. The Bertz CT molecular complexity index is 883. The van der Waals surface area contributed by atoms with E-state index in [1.165, 1.54) is 18.4 Å². The van der Waals surface area contributed by atoms with Crippen LogP contribution in [0.5, 0.6) is 5.75 Å². The molecule has 4 heteroatoms. The molecule has 3 saturated carbocycles. The number of fused-ring (bicyclic) bond motifs is 3. The highest BCUT2D eigenvalue weighted by molar-refractivity contribution is 5.87. The molecule has 0 radical (unpaired) electrons. The zero-order chi connectivity index (χ0) is 19.9. The van der Waals surface area contributed by atoms with E-state index >= 15 is 0 Å². The molecular formula is C25H30O4. The number of ether oxygens (including phenoxy) is 3. The lowest BCUT2D eigenvalue weighted by atomic mass is 9.52. The predicted molar refractivity (Wildman–Crippen MR) is 109 cm³/mol. The van der Waals surface area contributed by atoms with Crippen molar-refractivity contribution in [1.29, 1.82) is 0 Å². The number of methoxy groups -OCH3 is 1. The highest BCUT2D eigenvalue weighted by atomic mass is 16.7. The standard InChI is InChI=1S/C25H30O4/c1-22-10-3-4-11-23(22)13-14-24(22,17-5-7-18(27-2)8-6-17)20-19(26)9-12-25(21(20)23)28-15-16-29-25/h5-8,13-14,20-21H,3-4,9-12,15-16H2,1-2H3/t20-,21+,22+,23+,24-/m1/s1. The van der Waals surface area contributed by atoms with Crippen molar-refractivity contribution in [1.82, 2.24) is 0 Å². The normalized spacial score (nSPS) is 44.1. The Labute approximate surface area is 172 Å². The molecule has 154 valence electrons. The van der Waals surface area contributed by atoms with Gasteiger partial charge in [-0.2, -0.15) is 0 Å². The van der Waals surface area contributed by atoms with Gasteiger partial charge in [0.15, 0.2) is 5.79 Å². The predicted octanol–water partition coefficient (Wildman–Crippen LogP) is 4.42. The number of carbonyl (C=O) groups excluding carboxylic acids is 1. The van der Waals surface area contributed by atoms with Crippen LogP contribution in [0.25, 0.3) is 0 Å². The van der Waals surface area contributed by atoms with Gasteiger partial charge in [0, 0.05) is 35.5 Å². The molecule has 1 heterocycles. The van der Waals surface area contributed by atoms with E-state index in [0.29, 0.717) is 31.8 Å². The molecule has 0 aromatic heterocycles. The quantitative estimate of drug-likeness (QED) is 0.697. The molecule has 2 bridgehead atoms. The van der Waals surface area contributed by atoms with Gasteiger partial charge < -0.3 is 14.2 Å². The molecule has 5 aliphatic rings. The first-order valence-corrected chi connectivity index (χ1v) is 11.2. The zero-order valence-electron chi connectivity index (χ0n) is 17.4. The summed E-state index contributed by atoms with van der Waals surface area (Å²) in [5.74, 6) is 0.702. The number of hydrogen-bond donors (Lipinski definition) is 0. The van der Waals surface area contributed by atoms with E-state index < -0.39 is 5.79 Å². The molecule has 0 amide bonds. The first-order valence-electron chi connectivity index (χ1n) is 11.2. The molecule has 1 saturated heterocycles. The van der Waals surface area contributed by atoms with Crippen LogP contribution in [0.2, 0.25) is 0 Å². The Morgan fingerprint density at radius 1 is 1.00 bits per heavy atom. The highest BCUT2D eigenvalue weighted by Gasteiger charge is 2.81. The number of rotatable bonds is 2. The second kappa shape index (κ2) is 5.73. The summed E-state index contributed by atoms with van der Waals surface area (Å²) >= 11 is 0. The van der Waals surface area contributed by atoms with Crippen LogP contribution in [0.4, 0.5) is 0 Å². The van der Waals surface area contributed by atoms with Crippen molar-refractivity contribution in [3.8, 4) is 5.75 Å². The summed E-state index contributed by atoms with van der Waals surface area (Å²) in [5.41, 5.74) is 0.932. The van der Waals surface area contributed by atoms with Gasteiger partial charge in [0.25, 0.3) is 0 Å². The van der Waals surface area contributed by atoms with Gasteiger partial charge in [-0.25, -0.2) is 0 Å². The summed E-state index contributed by atoms with van der Waals surface area (Å²) in [6.07, 6.45) is 10.8. The van der Waals surface area contributed by atoms with E-state index in [9.17, 15) is 4.79 Å². The third kappa shape index (κ3) is 1.87. The molecule has 1 spiro atoms. The largest absolute Gasteiger partial charge is 0.497 e. The Kier molecular flexibility index (Phi) is 3.59. The van der Waals surface area contributed by atoms with Crippen LogP contribution in [0.15, 0.2) is 36.4 Å². The molecule has 29 heavy (non-hydrogen) atoms. The van der Waals surface area contributed by atoms with Gasteiger partial charge in [-0.1, -0.05) is 44.1 Å². The third-order valence-electron chi connectivity index (χ3n) is 9.36. The van der Waals surface area contributed by atoms with E-state index in [0.717, 1.165) is 18.6 Å². The minimum atomic E-state index is -0.587. The Morgan fingerprint density at radius 3 is 2.45 bits per heavy atom. The molecule has 4 aliphatic carbocycles.